The zero-order valence-corrected chi connectivity index (χ0v) is 7.59. The van der Waals surface area contributed by atoms with Crippen LogP contribution in [0.4, 0.5) is 11.6 Å². The van der Waals surface area contributed by atoms with Gasteiger partial charge in [0.25, 0.3) is 0 Å². The summed E-state index contributed by atoms with van der Waals surface area (Å²) < 4.78 is 0. The molecule has 0 aromatic carbocycles. The van der Waals surface area contributed by atoms with E-state index < -0.39 is 0 Å². The molecule has 1 rings (SSSR count). The summed E-state index contributed by atoms with van der Waals surface area (Å²) in [6, 6.07) is 3.78. The van der Waals surface area contributed by atoms with Crippen LogP contribution in [0.1, 0.15) is 18.9 Å². The molecule has 0 radical (unpaired) electrons. The van der Waals surface area contributed by atoms with E-state index in [-0.39, 0.29) is 0 Å². The van der Waals surface area contributed by atoms with Crippen LogP contribution in [-0.2, 0) is 0 Å². The first-order valence-electron chi connectivity index (χ1n) is 4.21. The van der Waals surface area contributed by atoms with Gasteiger partial charge in [-0.2, -0.15) is 0 Å². The van der Waals surface area contributed by atoms with Crippen LogP contribution in [0.25, 0.3) is 0 Å². The van der Waals surface area contributed by atoms with E-state index in [2.05, 4.69) is 17.2 Å². The van der Waals surface area contributed by atoms with Crippen molar-refractivity contribution < 1.29 is 0 Å². The molecule has 0 atom stereocenters. The van der Waals surface area contributed by atoms with Gasteiger partial charge in [0, 0.05) is 6.54 Å². The first kappa shape index (κ1) is 8.84. The lowest BCUT2D eigenvalue weighted by Gasteiger charge is -2.07. The van der Waals surface area contributed by atoms with Crippen LogP contribution in [0, 0.1) is 6.92 Å². The summed E-state index contributed by atoms with van der Waals surface area (Å²) in [7, 11) is 0. The largest absolute Gasteiger partial charge is 0.384 e. The zero-order chi connectivity index (χ0) is 8.97. The third-order valence-electron chi connectivity index (χ3n) is 1.66. The Morgan fingerprint density at radius 2 is 2.25 bits per heavy atom. The third-order valence-corrected chi connectivity index (χ3v) is 1.66. The number of nitrogens with zero attached hydrogens (tertiary/aromatic N) is 1. The van der Waals surface area contributed by atoms with Gasteiger partial charge in [-0.25, -0.2) is 4.98 Å². The highest BCUT2D eigenvalue weighted by molar-refractivity contribution is 5.48. The van der Waals surface area contributed by atoms with Gasteiger partial charge in [-0.15, -0.1) is 0 Å². The zero-order valence-electron chi connectivity index (χ0n) is 7.59. The van der Waals surface area contributed by atoms with Crippen molar-refractivity contribution in [1.82, 2.24) is 4.98 Å². The van der Waals surface area contributed by atoms with Crippen LogP contribution in [-0.4, -0.2) is 11.5 Å². The fourth-order valence-electron chi connectivity index (χ4n) is 0.966. The molecule has 3 N–H and O–H groups in total. The van der Waals surface area contributed by atoms with Gasteiger partial charge in [-0.1, -0.05) is 13.0 Å². The highest BCUT2D eigenvalue weighted by Gasteiger charge is 1.97. The van der Waals surface area contributed by atoms with Crippen LogP contribution < -0.4 is 11.1 Å². The second-order valence-corrected chi connectivity index (χ2v) is 2.83. The van der Waals surface area contributed by atoms with Crippen molar-refractivity contribution in [3.8, 4) is 0 Å². The summed E-state index contributed by atoms with van der Waals surface area (Å²) in [4.78, 5) is 4.18. The second kappa shape index (κ2) is 3.95. The SMILES string of the molecule is CCCNc1nc(N)ccc1C. The minimum Gasteiger partial charge on any atom is -0.384 e. The standard InChI is InChI=1S/C9H15N3/c1-3-6-11-9-7(2)4-5-8(10)12-9/h4-5H,3,6H2,1-2H3,(H3,10,11,12). The van der Waals surface area contributed by atoms with Gasteiger partial charge >= 0.3 is 0 Å². The summed E-state index contributed by atoms with van der Waals surface area (Å²) in [5.74, 6) is 1.47. The number of nitrogen functional groups attached to an aromatic ring is 1. The lowest BCUT2D eigenvalue weighted by molar-refractivity contribution is 0.966. The highest BCUT2D eigenvalue weighted by atomic mass is 15.0. The molecule has 3 nitrogen and oxygen atoms in total. The van der Waals surface area contributed by atoms with Crippen molar-refractivity contribution in [2.45, 2.75) is 20.3 Å². The van der Waals surface area contributed by atoms with Gasteiger partial charge < -0.3 is 11.1 Å². The molecule has 66 valence electrons. The Bertz CT molecular complexity index is 258. The molecule has 0 aliphatic carbocycles. The molecule has 0 fully saturated rings. The van der Waals surface area contributed by atoms with E-state index in [0.29, 0.717) is 5.82 Å². The summed E-state index contributed by atoms with van der Waals surface area (Å²) in [5.41, 5.74) is 6.68. The van der Waals surface area contributed by atoms with Crippen LogP contribution in [0.3, 0.4) is 0 Å². The Morgan fingerprint density at radius 1 is 1.50 bits per heavy atom. The molecule has 0 saturated heterocycles. The molecule has 3 heteroatoms. The first-order valence-corrected chi connectivity index (χ1v) is 4.21. The van der Waals surface area contributed by atoms with Gasteiger partial charge in [-0.05, 0) is 25.0 Å². The summed E-state index contributed by atoms with van der Waals surface area (Å²) in [5, 5.41) is 3.21. The molecule has 0 bridgehead atoms. The molecule has 0 aliphatic heterocycles. The molecule has 1 aromatic rings. The summed E-state index contributed by atoms with van der Waals surface area (Å²) >= 11 is 0. The van der Waals surface area contributed by atoms with Crippen molar-refractivity contribution in [3.63, 3.8) is 0 Å². The summed E-state index contributed by atoms with van der Waals surface area (Å²) in [6.45, 7) is 5.08. The smallest absolute Gasteiger partial charge is 0.131 e. The Labute approximate surface area is 73.0 Å². The number of anilines is 2. The maximum absolute atomic E-state index is 5.55. The number of nitrogens with one attached hydrogen (secondary N) is 1. The van der Waals surface area contributed by atoms with Gasteiger partial charge in [0.2, 0.25) is 0 Å². The van der Waals surface area contributed by atoms with Crippen molar-refractivity contribution in [1.29, 1.82) is 0 Å². The maximum atomic E-state index is 5.55. The lowest BCUT2D eigenvalue weighted by atomic mass is 10.3. The second-order valence-electron chi connectivity index (χ2n) is 2.83. The molecule has 0 unspecified atom stereocenters. The van der Waals surface area contributed by atoms with E-state index in [1.54, 1.807) is 0 Å². The molecule has 1 aromatic heterocycles. The van der Waals surface area contributed by atoms with E-state index in [1.807, 2.05) is 19.1 Å². The van der Waals surface area contributed by atoms with Gasteiger partial charge in [0.15, 0.2) is 0 Å². The number of pyridine rings is 1. The average Bonchev–Trinajstić information content (AvgIpc) is 2.07. The topological polar surface area (TPSA) is 50.9 Å². The Hall–Kier alpha value is -1.25. The lowest BCUT2D eigenvalue weighted by Crippen LogP contribution is -2.05. The molecular formula is C9H15N3. The summed E-state index contributed by atoms with van der Waals surface area (Å²) in [6.07, 6.45) is 1.09. The fourth-order valence-corrected chi connectivity index (χ4v) is 0.966. The predicted molar refractivity (Wildman–Crippen MR) is 52.2 cm³/mol. The normalized spacial score (nSPS) is 9.83. The third kappa shape index (κ3) is 2.12. The Balaban J connectivity index is 2.75. The van der Waals surface area contributed by atoms with Crippen LogP contribution in [0.15, 0.2) is 12.1 Å². The first-order chi connectivity index (χ1) is 5.74. The molecular weight excluding hydrogens is 150 g/mol. The maximum Gasteiger partial charge on any atom is 0.131 e. The molecule has 1 heterocycles. The Morgan fingerprint density at radius 3 is 2.92 bits per heavy atom. The van der Waals surface area contributed by atoms with Gasteiger partial charge in [-0.3, -0.25) is 0 Å². The van der Waals surface area contributed by atoms with E-state index in [0.717, 1.165) is 24.3 Å². The van der Waals surface area contributed by atoms with Gasteiger partial charge in [0.05, 0.1) is 0 Å². The number of hydrogen-bond acceptors (Lipinski definition) is 3. The number of nitrogens with two attached hydrogens (primary N) is 1. The average molecular weight is 165 g/mol. The van der Waals surface area contributed by atoms with Crippen LogP contribution in [0.5, 0.6) is 0 Å². The van der Waals surface area contributed by atoms with E-state index in [9.17, 15) is 0 Å². The van der Waals surface area contributed by atoms with E-state index >= 15 is 0 Å². The number of hydrogen-bond donors (Lipinski definition) is 2. The molecule has 0 aliphatic rings. The molecule has 0 spiro atoms. The number of rotatable bonds is 3. The fraction of sp³-hybridized carbons (Fsp3) is 0.444. The molecule has 12 heavy (non-hydrogen) atoms. The minimum atomic E-state index is 0.569. The van der Waals surface area contributed by atoms with Crippen molar-refractivity contribution in [3.05, 3.63) is 17.7 Å². The van der Waals surface area contributed by atoms with E-state index in [4.69, 9.17) is 5.73 Å². The quantitative estimate of drug-likeness (QED) is 0.718. The monoisotopic (exact) mass is 165 g/mol. The van der Waals surface area contributed by atoms with E-state index in [1.165, 1.54) is 0 Å². The highest BCUT2D eigenvalue weighted by Crippen LogP contribution is 2.12. The Kier molecular flexibility index (Phi) is 2.91. The van der Waals surface area contributed by atoms with Crippen molar-refractivity contribution in [2.75, 3.05) is 17.6 Å². The van der Waals surface area contributed by atoms with Crippen molar-refractivity contribution >= 4 is 11.6 Å². The number of aromatic nitrogens is 1. The van der Waals surface area contributed by atoms with Crippen LogP contribution >= 0.6 is 0 Å². The molecule has 0 amide bonds. The van der Waals surface area contributed by atoms with Gasteiger partial charge in [0.1, 0.15) is 11.6 Å². The number of aryl methyl sites for hydroxylation is 1. The predicted octanol–water partition coefficient (Wildman–Crippen LogP) is 1.79. The van der Waals surface area contributed by atoms with Crippen molar-refractivity contribution in [2.24, 2.45) is 0 Å². The van der Waals surface area contributed by atoms with Crippen LogP contribution in [0.2, 0.25) is 0 Å². The minimum absolute atomic E-state index is 0.569. The molecule has 0 saturated carbocycles.